The summed E-state index contributed by atoms with van der Waals surface area (Å²) in [4.78, 5) is 26.4. The van der Waals surface area contributed by atoms with Gasteiger partial charge in [-0.25, -0.2) is 0 Å². The molecule has 0 spiro atoms. The maximum absolute atomic E-state index is 9.00. The van der Waals surface area contributed by atoms with E-state index in [1.807, 2.05) is 56.3 Å². The van der Waals surface area contributed by atoms with Gasteiger partial charge >= 0.3 is 0 Å². The van der Waals surface area contributed by atoms with Crippen LogP contribution in [0.25, 0.3) is 11.4 Å². The molecule has 0 saturated carbocycles. The number of aliphatic carboxylic acids is 1. The van der Waals surface area contributed by atoms with Crippen LogP contribution in [0.1, 0.15) is 20.8 Å². The number of carboxylic acid groups (broad SMARTS) is 1. The molecular formula is C19H22N6O2. The zero-order valence-corrected chi connectivity index (χ0v) is 15.4. The number of carboxylic acids is 1. The summed E-state index contributed by atoms with van der Waals surface area (Å²) in [6, 6.07) is 13.8. The highest BCUT2D eigenvalue weighted by molar-refractivity contribution is 5.63. The summed E-state index contributed by atoms with van der Waals surface area (Å²) in [5.41, 5.74) is 1.82. The normalized spacial score (nSPS) is 9.93. The van der Waals surface area contributed by atoms with Crippen LogP contribution in [0.5, 0.6) is 0 Å². The Labute approximate surface area is 157 Å². The predicted octanol–water partition coefficient (Wildman–Crippen LogP) is 3.59. The Kier molecular flexibility index (Phi) is 7.18. The SMILES string of the molecule is CC(=O)O.CC(C)Nc1nc(Nc2ccncc2)nc(-c2ccccc2)n1. The van der Waals surface area contributed by atoms with Crippen molar-refractivity contribution in [2.75, 3.05) is 10.6 Å². The second-order valence-electron chi connectivity index (χ2n) is 5.85. The Morgan fingerprint density at radius 2 is 1.56 bits per heavy atom. The van der Waals surface area contributed by atoms with Crippen LogP contribution in [-0.2, 0) is 4.79 Å². The molecule has 0 aliphatic rings. The maximum Gasteiger partial charge on any atom is 0.300 e. The van der Waals surface area contributed by atoms with Crippen molar-refractivity contribution in [2.24, 2.45) is 0 Å². The third-order valence-electron chi connectivity index (χ3n) is 3.02. The zero-order chi connectivity index (χ0) is 19.6. The van der Waals surface area contributed by atoms with E-state index in [0.29, 0.717) is 17.7 Å². The smallest absolute Gasteiger partial charge is 0.300 e. The average molecular weight is 366 g/mol. The van der Waals surface area contributed by atoms with Crippen molar-refractivity contribution >= 4 is 23.6 Å². The van der Waals surface area contributed by atoms with Gasteiger partial charge in [0.1, 0.15) is 0 Å². The van der Waals surface area contributed by atoms with Crippen molar-refractivity contribution in [3.8, 4) is 11.4 Å². The van der Waals surface area contributed by atoms with Crippen LogP contribution in [0.4, 0.5) is 17.6 Å². The Morgan fingerprint density at radius 1 is 0.963 bits per heavy atom. The lowest BCUT2D eigenvalue weighted by Gasteiger charge is -2.12. The Hall–Kier alpha value is -3.55. The number of rotatable bonds is 5. The minimum absolute atomic E-state index is 0.231. The van der Waals surface area contributed by atoms with E-state index in [2.05, 4.69) is 30.6 Å². The van der Waals surface area contributed by atoms with Gasteiger partial charge in [0.25, 0.3) is 5.97 Å². The average Bonchev–Trinajstić information content (AvgIpc) is 2.62. The van der Waals surface area contributed by atoms with Crippen molar-refractivity contribution in [1.29, 1.82) is 0 Å². The van der Waals surface area contributed by atoms with E-state index < -0.39 is 5.97 Å². The lowest BCUT2D eigenvalue weighted by Crippen LogP contribution is -2.14. The number of hydrogen-bond acceptors (Lipinski definition) is 7. The van der Waals surface area contributed by atoms with Crippen molar-refractivity contribution in [2.45, 2.75) is 26.8 Å². The first-order chi connectivity index (χ1) is 12.9. The molecule has 0 saturated heterocycles. The number of nitrogens with one attached hydrogen (secondary N) is 2. The molecule has 0 fully saturated rings. The third-order valence-corrected chi connectivity index (χ3v) is 3.02. The van der Waals surface area contributed by atoms with Gasteiger partial charge in [-0.15, -0.1) is 0 Å². The van der Waals surface area contributed by atoms with E-state index in [9.17, 15) is 0 Å². The van der Waals surface area contributed by atoms with Crippen LogP contribution in [0.15, 0.2) is 54.9 Å². The van der Waals surface area contributed by atoms with E-state index in [1.165, 1.54) is 0 Å². The first-order valence-electron chi connectivity index (χ1n) is 8.38. The minimum atomic E-state index is -0.833. The number of anilines is 3. The van der Waals surface area contributed by atoms with Gasteiger partial charge < -0.3 is 15.7 Å². The standard InChI is InChI=1S/C17H18N6.C2H4O2/c1-12(2)19-16-21-15(13-6-4-3-5-7-13)22-17(23-16)20-14-8-10-18-11-9-14;1-2(3)4/h3-12H,1-2H3,(H2,18,19,20,21,22,23);1H3,(H,3,4). The molecule has 0 unspecified atom stereocenters. The highest BCUT2D eigenvalue weighted by atomic mass is 16.4. The predicted molar refractivity (Wildman–Crippen MR) is 105 cm³/mol. The molecule has 140 valence electrons. The number of hydrogen-bond donors (Lipinski definition) is 3. The van der Waals surface area contributed by atoms with Gasteiger partial charge in [-0.05, 0) is 26.0 Å². The van der Waals surface area contributed by atoms with E-state index in [0.717, 1.165) is 18.2 Å². The fourth-order valence-electron chi connectivity index (χ4n) is 2.04. The van der Waals surface area contributed by atoms with E-state index >= 15 is 0 Å². The van der Waals surface area contributed by atoms with Crippen LogP contribution in [-0.4, -0.2) is 37.1 Å². The molecule has 8 heteroatoms. The molecule has 0 radical (unpaired) electrons. The van der Waals surface area contributed by atoms with E-state index in [4.69, 9.17) is 9.90 Å². The summed E-state index contributed by atoms with van der Waals surface area (Å²) in [7, 11) is 0. The highest BCUT2D eigenvalue weighted by Gasteiger charge is 2.09. The van der Waals surface area contributed by atoms with Gasteiger partial charge in [0.15, 0.2) is 5.82 Å². The van der Waals surface area contributed by atoms with Gasteiger partial charge in [-0.2, -0.15) is 15.0 Å². The van der Waals surface area contributed by atoms with Crippen molar-refractivity contribution < 1.29 is 9.90 Å². The topological polar surface area (TPSA) is 113 Å². The van der Waals surface area contributed by atoms with Crippen LogP contribution in [0, 0.1) is 0 Å². The molecule has 1 aromatic carbocycles. The number of carbonyl (C=O) groups is 1. The molecule has 0 atom stereocenters. The van der Waals surface area contributed by atoms with Gasteiger partial charge in [0.2, 0.25) is 11.9 Å². The second kappa shape index (κ2) is 9.81. The summed E-state index contributed by atoms with van der Waals surface area (Å²) < 4.78 is 0. The third kappa shape index (κ3) is 7.07. The summed E-state index contributed by atoms with van der Waals surface area (Å²) in [5.74, 6) is 0.832. The molecule has 3 aromatic rings. The Balaban J connectivity index is 0.000000596. The molecule has 0 aliphatic carbocycles. The molecule has 8 nitrogen and oxygen atoms in total. The fourth-order valence-corrected chi connectivity index (χ4v) is 2.04. The van der Waals surface area contributed by atoms with Gasteiger partial charge in [0, 0.05) is 36.6 Å². The van der Waals surface area contributed by atoms with Gasteiger partial charge in [0.05, 0.1) is 0 Å². The first kappa shape index (κ1) is 19.8. The van der Waals surface area contributed by atoms with Gasteiger partial charge in [-0.3, -0.25) is 9.78 Å². The number of aromatic nitrogens is 4. The summed E-state index contributed by atoms with van der Waals surface area (Å²) >= 11 is 0. The van der Waals surface area contributed by atoms with Crippen LogP contribution < -0.4 is 10.6 Å². The van der Waals surface area contributed by atoms with Crippen molar-refractivity contribution in [3.63, 3.8) is 0 Å². The monoisotopic (exact) mass is 366 g/mol. The van der Waals surface area contributed by atoms with Gasteiger partial charge in [-0.1, -0.05) is 30.3 Å². The molecular weight excluding hydrogens is 344 g/mol. The lowest BCUT2D eigenvalue weighted by molar-refractivity contribution is -0.134. The van der Waals surface area contributed by atoms with Crippen LogP contribution in [0.2, 0.25) is 0 Å². The molecule has 0 bridgehead atoms. The van der Waals surface area contributed by atoms with Crippen molar-refractivity contribution in [3.05, 3.63) is 54.9 Å². The summed E-state index contributed by atoms with van der Waals surface area (Å²) in [5, 5.41) is 13.8. The second-order valence-corrected chi connectivity index (χ2v) is 5.85. The van der Waals surface area contributed by atoms with E-state index in [1.54, 1.807) is 12.4 Å². The maximum atomic E-state index is 9.00. The van der Waals surface area contributed by atoms with E-state index in [-0.39, 0.29) is 6.04 Å². The van der Waals surface area contributed by atoms with Crippen LogP contribution >= 0.6 is 0 Å². The number of nitrogens with zero attached hydrogens (tertiary/aromatic N) is 4. The lowest BCUT2D eigenvalue weighted by atomic mass is 10.2. The molecule has 2 aromatic heterocycles. The molecule has 3 N–H and O–H groups in total. The summed E-state index contributed by atoms with van der Waals surface area (Å²) in [6.45, 7) is 5.17. The molecule has 0 aliphatic heterocycles. The molecule has 0 amide bonds. The minimum Gasteiger partial charge on any atom is -0.481 e. The first-order valence-corrected chi connectivity index (χ1v) is 8.38. The number of benzene rings is 1. The molecule has 27 heavy (non-hydrogen) atoms. The Bertz CT molecular complexity index is 853. The number of pyridine rings is 1. The summed E-state index contributed by atoms with van der Waals surface area (Å²) in [6.07, 6.45) is 3.43. The highest BCUT2D eigenvalue weighted by Crippen LogP contribution is 2.19. The zero-order valence-electron chi connectivity index (χ0n) is 15.4. The quantitative estimate of drug-likeness (QED) is 0.628. The fraction of sp³-hybridized carbons (Fsp3) is 0.211. The largest absolute Gasteiger partial charge is 0.481 e. The molecule has 3 rings (SSSR count). The Morgan fingerprint density at radius 3 is 2.15 bits per heavy atom. The van der Waals surface area contributed by atoms with Crippen LogP contribution in [0.3, 0.4) is 0 Å². The van der Waals surface area contributed by atoms with Crippen molar-refractivity contribution in [1.82, 2.24) is 19.9 Å². The molecule has 2 heterocycles.